The van der Waals surface area contributed by atoms with E-state index in [2.05, 4.69) is 41.5 Å². The predicted octanol–water partition coefficient (Wildman–Crippen LogP) is 1.41. The predicted molar refractivity (Wildman–Crippen MR) is 76.2 cm³/mol. The van der Waals surface area contributed by atoms with Gasteiger partial charge >= 0.3 is 0 Å². The minimum Gasteiger partial charge on any atom is -1.00 e. The second-order valence-corrected chi connectivity index (χ2v) is 12.7. The average Bonchev–Trinajstić information content (AvgIpc) is 2.14. The highest BCUT2D eigenvalue weighted by molar-refractivity contribution is 7.78. The molecule has 0 aromatic rings. The van der Waals surface area contributed by atoms with E-state index < -0.39 is 7.26 Å². The molecule has 1 aliphatic rings. The highest BCUT2D eigenvalue weighted by atomic mass is 79.9. The first kappa shape index (κ1) is 17.9. The van der Waals surface area contributed by atoms with E-state index in [4.69, 9.17) is 4.74 Å². The summed E-state index contributed by atoms with van der Waals surface area (Å²) in [7, 11) is 0.977. The number of hydrogen-bond donors (Lipinski definition) is 0. The van der Waals surface area contributed by atoms with Crippen LogP contribution in [0.2, 0.25) is 0 Å². The van der Waals surface area contributed by atoms with Crippen molar-refractivity contribution in [3.63, 3.8) is 0 Å². The van der Waals surface area contributed by atoms with Crippen molar-refractivity contribution in [1.82, 2.24) is 0 Å². The van der Waals surface area contributed by atoms with Gasteiger partial charge in [0, 0.05) is 27.2 Å². The first-order valence-electron chi connectivity index (χ1n) is 6.54. The number of halogens is 1. The third-order valence-electron chi connectivity index (χ3n) is 4.57. The van der Waals surface area contributed by atoms with Crippen LogP contribution in [-0.4, -0.2) is 35.8 Å². The van der Waals surface area contributed by atoms with Crippen LogP contribution in [-0.2, 0) is 4.74 Å². The zero-order valence-electron chi connectivity index (χ0n) is 12.6. The van der Waals surface area contributed by atoms with Crippen molar-refractivity contribution >= 4 is 7.26 Å². The van der Waals surface area contributed by atoms with Gasteiger partial charge in [-0.25, -0.2) is 0 Å². The summed E-state index contributed by atoms with van der Waals surface area (Å²) >= 11 is 0. The molecule has 0 aromatic heterocycles. The van der Waals surface area contributed by atoms with Gasteiger partial charge < -0.3 is 21.7 Å². The van der Waals surface area contributed by atoms with Crippen LogP contribution in [0.3, 0.4) is 0 Å². The molecule has 0 atom stereocenters. The summed E-state index contributed by atoms with van der Waals surface area (Å²) in [6.07, 6.45) is 5.91. The minimum atomic E-state index is -0.888. The van der Waals surface area contributed by atoms with E-state index >= 15 is 0 Å². The molecule has 1 saturated heterocycles. The fraction of sp³-hybridized carbons (Fsp3) is 1.00. The Kier molecular flexibility index (Phi) is 6.19. The Hall–Kier alpha value is 0.870. The molecule has 104 valence electrons. The molecular formula is C14H30BrOP. The summed E-state index contributed by atoms with van der Waals surface area (Å²) in [5.41, 5.74) is 0. The van der Waals surface area contributed by atoms with Crippen LogP contribution in [0.4, 0.5) is 0 Å². The van der Waals surface area contributed by atoms with Crippen LogP contribution < -0.4 is 17.0 Å². The van der Waals surface area contributed by atoms with E-state index in [1.807, 2.05) is 7.11 Å². The molecule has 0 amide bonds. The van der Waals surface area contributed by atoms with Crippen molar-refractivity contribution in [2.45, 2.75) is 70.8 Å². The molecule has 0 spiro atoms. The summed E-state index contributed by atoms with van der Waals surface area (Å²) in [4.78, 5) is 0. The van der Waals surface area contributed by atoms with Gasteiger partial charge in [0.2, 0.25) is 0 Å². The van der Waals surface area contributed by atoms with Gasteiger partial charge in [0.15, 0.2) is 0 Å². The van der Waals surface area contributed by atoms with Gasteiger partial charge in [-0.2, -0.15) is 0 Å². The second kappa shape index (κ2) is 5.88. The van der Waals surface area contributed by atoms with E-state index in [1.54, 1.807) is 0 Å². The first-order chi connectivity index (χ1) is 7.14. The Balaban J connectivity index is 0.00000256. The van der Waals surface area contributed by atoms with Crippen LogP contribution in [0.15, 0.2) is 0 Å². The average molecular weight is 325 g/mol. The molecule has 3 heteroatoms. The van der Waals surface area contributed by atoms with Crippen LogP contribution in [0.25, 0.3) is 0 Å². The molecule has 1 aliphatic heterocycles. The summed E-state index contributed by atoms with van der Waals surface area (Å²) in [5.74, 6) is 0. The lowest BCUT2D eigenvalue weighted by Crippen LogP contribution is -3.00. The SMILES string of the molecule is COC1CC[P+](C(C)(C)C)(C(C)(C)C)CC1.[Br-]. The molecule has 0 saturated carbocycles. The van der Waals surface area contributed by atoms with E-state index in [9.17, 15) is 0 Å². The lowest BCUT2D eigenvalue weighted by molar-refractivity contribution is -0.00000529. The smallest absolute Gasteiger partial charge is 0.0720 e. The van der Waals surface area contributed by atoms with E-state index in [0.29, 0.717) is 16.4 Å². The highest BCUT2D eigenvalue weighted by Crippen LogP contribution is 2.78. The Labute approximate surface area is 119 Å². The molecule has 17 heavy (non-hydrogen) atoms. The van der Waals surface area contributed by atoms with Gasteiger partial charge in [-0.1, -0.05) is 0 Å². The third-order valence-corrected chi connectivity index (χ3v) is 11.7. The number of rotatable bonds is 1. The van der Waals surface area contributed by atoms with Gasteiger partial charge in [0.05, 0.1) is 28.7 Å². The van der Waals surface area contributed by atoms with Crippen molar-refractivity contribution in [2.24, 2.45) is 0 Å². The van der Waals surface area contributed by atoms with Crippen molar-refractivity contribution in [2.75, 3.05) is 19.4 Å². The molecule has 0 bridgehead atoms. The molecule has 1 fully saturated rings. The fourth-order valence-electron chi connectivity index (χ4n) is 3.57. The number of hydrogen-bond acceptors (Lipinski definition) is 1. The minimum absolute atomic E-state index is 0. The first-order valence-corrected chi connectivity index (χ1v) is 8.70. The van der Waals surface area contributed by atoms with E-state index in [1.165, 1.54) is 25.2 Å². The summed E-state index contributed by atoms with van der Waals surface area (Å²) in [6.45, 7) is 14.7. The fourth-order valence-corrected chi connectivity index (χ4v) is 9.95. The van der Waals surface area contributed by atoms with Crippen molar-refractivity contribution in [3.8, 4) is 0 Å². The van der Waals surface area contributed by atoms with Crippen LogP contribution >= 0.6 is 7.26 Å². The molecule has 1 nitrogen and oxygen atoms in total. The second-order valence-electron chi connectivity index (χ2n) is 7.19. The molecular weight excluding hydrogens is 295 g/mol. The normalized spacial score (nSPS) is 22.1. The molecule has 1 rings (SSSR count). The molecule has 0 unspecified atom stereocenters. The zero-order valence-corrected chi connectivity index (χ0v) is 15.1. The Bertz CT molecular complexity index is 216. The van der Waals surface area contributed by atoms with Crippen molar-refractivity contribution in [1.29, 1.82) is 0 Å². The lowest BCUT2D eigenvalue weighted by atomic mass is 10.2. The standard InChI is InChI=1S/C14H30OP.BrH/c1-13(2,3)16(14(4,5)6)10-8-12(15-7)9-11-16;/h12H,8-11H2,1-7H3;1H/q+1;/p-1. The van der Waals surface area contributed by atoms with Gasteiger partial charge in [-0.3, -0.25) is 0 Å². The van der Waals surface area contributed by atoms with Gasteiger partial charge in [0.25, 0.3) is 0 Å². The molecule has 0 aromatic carbocycles. The Morgan fingerprint density at radius 1 is 0.882 bits per heavy atom. The van der Waals surface area contributed by atoms with Crippen LogP contribution in [0.5, 0.6) is 0 Å². The Morgan fingerprint density at radius 2 is 1.24 bits per heavy atom. The maximum Gasteiger partial charge on any atom is 0.0720 e. The molecule has 0 N–H and O–H groups in total. The maximum atomic E-state index is 5.53. The molecule has 1 heterocycles. The number of methoxy groups -OCH3 is 1. The maximum absolute atomic E-state index is 5.53. The highest BCUT2D eigenvalue weighted by Gasteiger charge is 2.58. The lowest BCUT2D eigenvalue weighted by Gasteiger charge is -2.50. The molecule has 0 radical (unpaired) electrons. The summed E-state index contributed by atoms with van der Waals surface area (Å²) in [6, 6.07) is 0. The monoisotopic (exact) mass is 324 g/mol. The number of ether oxygens (including phenoxy) is 1. The quantitative estimate of drug-likeness (QED) is 0.663. The molecule has 0 aliphatic carbocycles. The van der Waals surface area contributed by atoms with Gasteiger partial charge in [-0.05, 0) is 41.5 Å². The van der Waals surface area contributed by atoms with Crippen molar-refractivity contribution < 1.29 is 21.7 Å². The summed E-state index contributed by atoms with van der Waals surface area (Å²) < 4.78 is 5.53. The van der Waals surface area contributed by atoms with Crippen LogP contribution in [0, 0.1) is 0 Å². The van der Waals surface area contributed by atoms with Gasteiger partial charge in [-0.15, -0.1) is 0 Å². The summed E-state index contributed by atoms with van der Waals surface area (Å²) in [5, 5.41) is 0.980. The van der Waals surface area contributed by atoms with Crippen LogP contribution in [0.1, 0.15) is 54.4 Å². The van der Waals surface area contributed by atoms with E-state index in [0.717, 1.165) is 0 Å². The van der Waals surface area contributed by atoms with Crippen molar-refractivity contribution in [3.05, 3.63) is 0 Å². The van der Waals surface area contributed by atoms with Gasteiger partial charge in [0.1, 0.15) is 0 Å². The zero-order chi connectivity index (χ0) is 12.6. The van der Waals surface area contributed by atoms with E-state index in [-0.39, 0.29) is 17.0 Å². The third kappa shape index (κ3) is 3.45. The Morgan fingerprint density at radius 3 is 1.47 bits per heavy atom. The topological polar surface area (TPSA) is 9.23 Å². The largest absolute Gasteiger partial charge is 1.00 e.